The van der Waals surface area contributed by atoms with Crippen molar-refractivity contribution in [2.45, 2.75) is 90.4 Å². The Bertz CT molecular complexity index is 600. The first-order chi connectivity index (χ1) is 17.5. The molecule has 0 saturated heterocycles. The minimum absolute atomic E-state index is 0.0746. The van der Waals surface area contributed by atoms with E-state index in [-0.39, 0.29) is 31.6 Å². The second-order valence-corrected chi connectivity index (χ2v) is 10.6. The third-order valence-electron chi connectivity index (χ3n) is 5.24. The first-order valence-corrected chi connectivity index (χ1v) is 15.7. The third kappa shape index (κ3) is 27.3. The number of nitrogens with one attached hydrogen (secondary N) is 3. The largest absolute Gasteiger partial charge is 0.448 e. The number of hydrogen-bond acceptors (Lipinski definition) is 7. The number of hydrogen-bond donors (Lipinski definition) is 4. The third-order valence-corrected chi connectivity index (χ3v) is 6.76. The van der Waals surface area contributed by atoms with Crippen LogP contribution in [0.3, 0.4) is 0 Å². The quantitative estimate of drug-likeness (QED) is 0.0975. The number of thioether (sulfide) groups is 1. The number of carbonyl (C=O) groups is 3. The molecule has 0 aromatic heterocycles. The van der Waals surface area contributed by atoms with Gasteiger partial charge >= 0.3 is 14.3 Å². The van der Waals surface area contributed by atoms with Gasteiger partial charge in [-0.2, -0.15) is 11.8 Å². The molecule has 0 rings (SSSR count). The SMILES string of the molecule is CCCCCCSCCC(=O)NCCCCCC(=O)NCCOC(=O)NCCCCCCO[PH](=O)O. The van der Waals surface area contributed by atoms with Crippen LogP contribution in [0, 0.1) is 0 Å². The molecule has 0 spiro atoms. The van der Waals surface area contributed by atoms with Crippen LogP contribution >= 0.6 is 20.0 Å². The van der Waals surface area contributed by atoms with E-state index in [9.17, 15) is 18.9 Å². The Morgan fingerprint density at radius 3 is 2.11 bits per heavy atom. The smallest absolute Gasteiger partial charge is 0.407 e. The molecule has 1 atom stereocenters. The number of unbranched alkanes of at least 4 members (excludes halogenated alkanes) is 8. The van der Waals surface area contributed by atoms with Gasteiger partial charge in [0.2, 0.25) is 11.8 Å². The van der Waals surface area contributed by atoms with Crippen LogP contribution in [0.1, 0.15) is 90.4 Å². The van der Waals surface area contributed by atoms with Gasteiger partial charge in [0.25, 0.3) is 0 Å². The number of carbonyl (C=O) groups excluding carboxylic acids is 3. The van der Waals surface area contributed by atoms with Gasteiger partial charge < -0.3 is 30.1 Å². The summed E-state index contributed by atoms with van der Waals surface area (Å²) in [5.74, 6) is 2.03. The van der Waals surface area contributed by atoms with Crippen molar-refractivity contribution >= 4 is 37.9 Å². The molecule has 212 valence electrons. The zero-order valence-electron chi connectivity index (χ0n) is 21.9. The Kier molecular flexibility index (Phi) is 25.8. The van der Waals surface area contributed by atoms with Gasteiger partial charge in [-0.05, 0) is 37.9 Å². The predicted octanol–water partition coefficient (Wildman–Crippen LogP) is 4.17. The molecule has 0 aromatic rings. The summed E-state index contributed by atoms with van der Waals surface area (Å²) in [6.07, 6.45) is 11.2. The van der Waals surface area contributed by atoms with Crippen molar-refractivity contribution in [3.63, 3.8) is 0 Å². The Labute approximate surface area is 221 Å². The summed E-state index contributed by atoms with van der Waals surface area (Å²) in [7, 11) is -2.84. The number of rotatable bonds is 25. The van der Waals surface area contributed by atoms with Gasteiger partial charge in [-0.25, -0.2) is 4.79 Å². The Hall–Kier alpha value is -1.29. The molecule has 0 aliphatic rings. The van der Waals surface area contributed by atoms with Gasteiger partial charge in [-0.15, -0.1) is 0 Å². The highest BCUT2D eigenvalue weighted by Gasteiger charge is 2.05. The fourth-order valence-electron chi connectivity index (χ4n) is 3.21. The van der Waals surface area contributed by atoms with Crippen molar-refractivity contribution in [2.24, 2.45) is 0 Å². The molecular formula is C24H48N3O7PS. The normalized spacial score (nSPS) is 11.6. The van der Waals surface area contributed by atoms with Crippen molar-refractivity contribution in [3.8, 4) is 0 Å². The summed E-state index contributed by atoms with van der Waals surface area (Å²) in [6.45, 7) is 3.99. The lowest BCUT2D eigenvalue weighted by Crippen LogP contribution is -2.31. The molecule has 12 heteroatoms. The molecule has 10 nitrogen and oxygen atoms in total. The van der Waals surface area contributed by atoms with Crippen LogP contribution in [0.15, 0.2) is 0 Å². The van der Waals surface area contributed by atoms with Crippen molar-refractivity contribution in [1.82, 2.24) is 16.0 Å². The maximum absolute atomic E-state index is 11.8. The lowest BCUT2D eigenvalue weighted by atomic mass is 10.2. The summed E-state index contributed by atoms with van der Waals surface area (Å²) >= 11 is 1.85. The fraction of sp³-hybridized carbons (Fsp3) is 0.875. The highest BCUT2D eigenvalue weighted by Crippen LogP contribution is 2.15. The summed E-state index contributed by atoms with van der Waals surface area (Å²) in [5, 5.41) is 8.31. The first kappa shape index (κ1) is 34.7. The summed E-state index contributed by atoms with van der Waals surface area (Å²) in [6, 6.07) is 0. The molecule has 3 amide bonds. The minimum Gasteiger partial charge on any atom is -0.448 e. The van der Waals surface area contributed by atoms with E-state index in [2.05, 4.69) is 27.4 Å². The molecule has 4 N–H and O–H groups in total. The first-order valence-electron chi connectivity index (χ1n) is 13.3. The lowest BCUT2D eigenvalue weighted by molar-refractivity contribution is -0.122. The summed E-state index contributed by atoms with van der Waals surface area (Å²) < 4.78 is 20.0. The molecule has 36 heavy (non-hydrogen) atoms. The molecule has 0 aliphatic heterocycles. The van der Waals surface area contributed by atoms with Crippen LogP contribution in [0.2, 0.25) is 0 Å². The van der Waals surface area contributed by atoms with Crippen LogP contribution in [0.25, 0.3) is 0 Å². The second kappa shape index (κ2) is 26.8. The number of alkyl carbamates (subject to hydrolysis) is 1. The molecule has 0 heterocycles. The maximum Gasteiger partial charge on any atom is 0.407 e. The van der Waals surface area contributed by atoms with Gasteiger partial charge in [0.05, 0.1) is 13.2 Å². The van der Waals surface area contributed by atoms with Crippen molar-refractivity contribution in [3.05, 3.63) is 0 Å². The Morgan fingerprint density at radius 2 is 1.36 bits per heavy atom. The zero-order chi connectivity index (χ0) is 26.7. The molecule has 0 saturated carbocycles. The average molecular weight is 554 g/mol. The lowest BCUT2D eigenvalue weighted by Gasteiger charge is -2.08. The summed E-state index contributed by atoms with van der Waals surface area (Å²) in [5.41, 5.74) is 0. The van der Waals surface area contributed by atoms with E-state index >= 15 is 0 Å². The average Bonchev–Trinajstić information content (AvgIpc) is 2.84. The van der Waals surface area contributed by atoms with E-state index in [0.29, 0.717) is 32.4 Å². The Balaban J connectivity index is 3.40. The van der Waals surface area contributed by atoms with E-state index < -0.39 is 14.3 Å². The highest BCUT2D eigenvalue weighted by molar-refractivity contribution is 7.99. The molecule has 0 bridgehead atoms. The van der Waals surface area contributed by atoms with Gasteiger partial charge in [0.1, 0.15) is 6.61 Å². The highest BCUT2D eigenvalue weighted by atomic mass is 32.2. The standard InChI is InChI=1S/C24H48N3O7PS/c1-2-3-4-12-20-36-21-14-23(29)25-15-10-7-8-13-22(28)26-17-19-33-24(30)27-16-9-5-6-11-18-34-35(31)32/h35H,2-21H2,1H3,(H,25,29)(H,26,28)(H,27,30)(H,31,32). The molecule has 0 radical (unpaired) electrons. The molecular weight excluding hydrogens is 505 g/mol. The van der Waals surface area contributed by atoms with Gasteiger partial charge in [0.15, 0.2) is 0 Å². The van der Waals surface area contributed by atoms with Gasteiger partial charge in [0, 0.05) is 31.7 Å². The van der Waals surface area contributed by atoms with Crippen molar-refractivity contribution in [1.29, 1.82) is 0 Å². The maximum atomic E-state index is 11.8. The predicted molar refractivity (Wildman–Crippen MR) is 146 cm³/mol. The van der Waals surface area contributed by atoms with Crippen LogP contribution in [-0.2, 0) is 23.4 Å². The topological polar surface area (TPSA) is 143 Å². The van der Waals surface area contributed by atoms with Crippen molar-refractivity contribution in [2.75, 3.05) is 44.4 Å². The monoisotopic (exact) mass is 553 g/mol. The fourth-order valence-corrected chi connectivity index (χ4v) is 4.47. The van der Waals surface area contributed by atoms with E-state index in [1.807, 2.05) is 11.8 Å². The molecule has 0 aliphatic carbocycles. The van der Waals surface area contributed by atoms with Crippen LogP contribution < -0.4 is 16.0 Å². The van der Waals surface area contributed by atoms with Crippen LogP contribution in [0.5, 0.6) is 0 Å². The minimum atomic E-state index is -2.84. The van der Waals surface area contributed by atoms with E-state index in [1.54, 1.807) is 0 Å². The van der Waals surface area contributed by atoms with Crippen molar-refractivity contribution < 1.29 is 33.1 Å². The molecule has 1 unspecified atom stereocenters. The zero-order valence-corrected chi connectivity index (χ0v) is 23.8. The van der Waals surface area contributed by atoms with Crippen LogP contribution in [-0.4, -0.2) is 67.2 Å². The molecule has 0 aromatic carbocycles. The number of ether oxygens (including phenoxy) is 1. The second-order valence-electron chi connectivity index (χ2n) is 8.52. The van der Waals surface area contributed by atoms with E-state index in [0.717, 1.165) is 50.0 Å². The Morgan fingerprint density at radius 1 is 0.722 bits per heavy atom. The van der Waals surface area contributed by atoms with E-state index in [4.69, 9.17) is 9.63 Å². The van der Waals surface area contributed by atoms with Gasteiger partial charge in [-0.1, -0.05) is 45.4 Å². The van der Waals surface area contributed by atoms with Crippen LogP contribution in [0.4, 0.5) is 4.79 Å². The summed E-state index contributed by atoms with van der Waals surface area (Å²) in [4.78, 5) is 43.8. The van der Waals surface area contributed by atoms with Gasteiger partial charge in [-0.3, -0.25) is 14.2 Å². The van der Waals surface area contributed by atoms with E-state index in [1.165, 1.54) is 25.7 Å². The number of amides is 3. The molecule has 0 fully saturated rings.